The van der Waals surface area contributed by atoms with Crippen LogP contribution in [0.15, 0.2) is 42.9 Å². The first-order chi connectivity index (χ1) is 14.8. The summed E-state index contributed by atoms with van der Waals surface area (Å²) in [6.07, 6.45) is 14.5. The molecule has 2 aliphatic rings. The lowest BCUT2D eigenvalue weighted by molar-refractivity contribution is 0.0833. The molecule has 6 nitrogen and oxygen atoms in total. The first kappa shape index (κ1) is 20.8. The second-order valence-electron chi connectivity index (χ2n) is 8.55. The highest BCUT2D eigenvalue weighted by atomic mass is 16.5. The molecule has 3 heterocycles. The van der Waals surface area contributed by atoms with E-state index in [0.717, 1.165) is 37.4 Å². The van der Waals surface area contributed by atoms with Crippen molar-refractivity contribution in [2.24, 2.45) is 5.92 Å². The molecule has 2 aromatic heterocycles. The minimum absolute atomic E-state index is 0.113. The molecule has 30 heavy (non-hydrogen) atoms. The predicted molar refractivity (Wildman–Crippen MR) is 116 cm³/mol. The number of ether oxygens (including phenoxy) is 1. The van der Waals surface area contributed by atoms with Crippen molar-refractivity contribution in [1.82, 2.24) is 20.2 Å². The molecule has 0 atom stereocenters. The molecule has 1 aliphatic carbocycles. The van der Waals surface area contributed by atoms with E-state index in [4.69, 9.17) is 4.74 Å². The van der Waals surface area contributed by atoms with Gasteiger partial charge in [-0.2, -0.15) is 0 Å². The van der Waals surface area contributed by atoms with Crippen LogP contribution in [-0.4, -0.2) is 46.5 Å². The molecule has 2 aromatic rings. The van der Waals surface area contributed by atoms with Crippen molar-refractivity contribution < 1.29 is 9.53 Å². The van der Waals surface area contributed by atoms with Crippen molar-refractivity contribution in [2.75, 3.05) is 19.6 Å². The summed E-state index contributed by atoms with van der Waals surface area (Å²) >= 11 is 0. The molecule has 1 amide bonds. The molecule has 1 N–H and O–H groups in total. The van der Waals surface area contributed by atoms with Gasteiger partial charge in [0.1, 0.15) is 6.10 Å². The SMILES string of the molecule is O=C(NCc1ccc(OC2CCN(CC3CCCCC3)CC2)nc1)c1ccncc1. The van der Waals surface area contributed by atoms with Crippen molar-refractivity contribution in [3.63, 3.8) is 0 Å². The van der Waals surface area contributed by atoms with Crippen LogP contribution in [0.4, 0.5) is 0 Å². The molecule has 0 bridgehead atoms. The van der Waals surface area contributed by atoms with Crippen molar-refractivity contribution in [3.05, 3.63) is 54.0 Å². The Labute approximate surface area is 179 Å². The molecule has 1 saturated heterocycles. The molecule has 1 aliphatic heterocycles. The van der Waals surface area contributed by atoms with Gasteiger partial charge in [0.05, 0.1) is 0 Å². The van der Waals surface area contributed by atoms with E-state index in [2.05, 4.69) is 20.2 Å². The standard InChI is InChI=1S/C24H32N4O2/c29-24(21-8-12-25-13-9-21)27-17-20-6-7-23(26-16-20)30-22-10-14-28(15-11-22)18-19-4-2-1-3-5-19/h6-9,12-13,16,19,22H,1-5,10-11,14-15,17-18H2,(H,27,29). The highest BCUT2D eigenvalue weighted by Crippen LogP contribution is 2.26. The Balaban J connectivity index is 1.18. The van der Waals surface area contributed by atoms with Crippen molar-refractivity contribution >= 4 is 5.91 Å². The number of hydrogen-bond acceptors (Lipinski definition) is 5. The van der Waals surface area contributed by atoms with E-state index in [-0.39, 0.29) is 12.0 Å². The van der Waals surface area contributed by atoms with E-state index in [1.165, 1.54) is 38.6 Å². The van der Waals surface area contributed by atoms with Gasteiger partial charge in [0.25, 0.3) is 5.91 Å². The fraction of sp³-hybridized carbons (Fsp3) is 0.542. The summed E-state index contributed by atoms with van der Waals surface area (Å²) in [5, 5.41) is 2.90. The molecule has 0 unspecified atom stereocenters. The van der Waals surface area contributed by atoms with Gasteiger partial charge in [-0.1, -0.05) is 25.3 Å². The van der Waals surface area contributed by atoms with E-state index >= 15 is 0 Å². The van der Waals surface area contributed by atoms with Crippen molar-refractivity contribution in [1.29, 1.82) is 0 Å². The van der Waals surface area contributed by atoms with Crippen LogP contribution < -0.4 is 10.1 Å². The Bertz CT molecular complexity index is 783. The molecular weight excluding hydrogens is 376 g/mol. The number of carbonyl (C=O) groups excluding carboxylic acids is 1. The van der Waals surface area contributed by atoms with Gasteiger partial charge < -0.3 is 15.0 Å². The van der Waals surface area contributed by atoms with Gasteiger partial charge in [0.15, 0.2) is 0 Å². The monoisotopic (exact) mass is 408 g/mol. The molecule has 2 fully saturated rings. The Morgan fingerprint density at radius 3 is 2.50 bits per heavy atom. The lowest BCUT2D eigenvalue weighted by atomic mass is 9.88. The van der Waals surface area contributed by atoms with E-state index in [1.807, 2.05) is 12.1 Å². The third kappa shape index (κ3) is 6.02. The number of pyridine rings is 2. The van der Waals surface area contributed by atoms with Gasteiger partial charge in [-0.3, -0.25) is 9.78 Å². The Morgan fingerprint density at radius 2 is 1.80 bits per heavy atom. The zero-order valence-corrected chi connectivity index (χ0v) is 17.6. The van der Waals surface area contributed by atoms with Crippen LogP contribution in [0.3, 0.4) is 0 Å². The third-order valence-corrected chi connectivity index (χ3v) is 6.26. The zero-order valence-electron chi connectivity index (χ0n) is 17.6. The van der Waals surface area contributed by atoms with Crippen molar-refractivity contribution in [3.8, 4) is 5.88 Å². The van der Waals surface area contributed by atoms with Gasteiger partial charge >= 0.3 is 0 Å². The lowest BCUT2D eigenvalue weighted by Crippen LogP contribution is -2.41. The minimum atomic E-state index is -0.113. The fourth-order valence-electron chi connectivity index (χ4n) is 4.49. The summed E-state index contributed by atoms with van der Waals surface area (Å²) in [6.45, 7) is 3.96. The average Bonchev–Trinajstić information content (AvgIpc) is 2.81. The van der Waals surface area contributed by atoms with Crippen LogP contribution in [0, 0.1) is 5.92 Å². The average molecular weight is 409 g/mol. The van der Waals surface area contributed by atoms with Crippen LogP contribution in [-0.2, 0) is 6.54 Å². The fourth-order valence-corrected chi connectivity index (χ4v) is 4.49. The maximum Gasteiger partial charge on any atom is 0.251 e. The number of piperidine rings is 1. The third-order valence-electron chi connectivity index (χ3n) is 6.26. The molecule has 0 spiro atoms. The maximum atomic E-state index is 12.1. The molecular formula is C24H32N4O2. The molecule has 6 heteroatoms. The molecule has 0 aromatic carbocycles. The van der Waals surface area contributed by atoms with Crippen LogP contribution >= 0.6 is 0 Å². The summed E-state index contributed by atoms with van der Waals surface area (Å²) in [6, 6.07) is 7.27. The normalized spacial score (nSPS) is 18.8. The largest absolute Gasteiger partial charge is 0.474 e. The number of rotatable bonds is 7. The van der Waals surface area contributed by atoms with Crippen molar-refractivity contribution in [2.45, 2.75) is 57.6 Å². The van der Waals surface area contributed by atoms with Crippen LogP contribution in [0.2, 0.25) is 0 Å². The van der Waals surface area contributed by atoms with Gasteiger partial charge in [0.2, 0.25) is 5.88 Å². The summed E-state index contributed by atoms with van der Waals surface area (Å²) < 4.78 is 6.11. The summed E-state index contributed by atoms with van der Waals surface area (Å²) in [5.74, 6) is 1.46. The number of nitrogens with zero attached hydrogens (tertiary/aromatic N) is 3. The smallest absolute Gasteiger partial charge is 0.251 e. The summed E-state index contributed by atoms with van der Waals surface area (Å²) in [4.78, 5) is 23.1. The van der Waals surface area contributed by atoms with Gasteiger partial charge in [-0.25, -0.2) is 4.98 Å². The number of carbonyl (C=O) groups is 1. The Hall–Kier alpha value is -2.47. The van der Waals surface area contributed by atoms with Gasteiger partial charge in [-0.05, 0) is 49.3 Å². The molecule has 0 radical (unpaired) electrons. The number of likely N-dealkylation sites (tertiary alicyclic amines) is 1. The topological polar surface area (TPSA) is 67.3 Å². The van der Waals surface area contributed by atoms with E-state index in [0.29, 0.717) is 18.0 Å². The van der Waals surface area contributed by atoms with E-state index in [1.54, 1.807) is 30.7 Å². The molecule has 1 saturated carbocycles. The summed E-state index contributed by atoms with van der Waals surface area (Å²) in [5.41, 5.74) is 1.56. The van der Waals surface area contributed by atoms with Crippen LogP contribution in [0.1, 0.15) is 60.9 Å². The van der Waals surface area contributed by atoms with Gasteiger partial charge in [-0.15, -0.1) is 0 Å². The highest BCUT2D eigenvalue weighted by Gasteiger charge is 2.24. The summed E-state index contributed by atoms with van der Waals surface area (Å²) in [7, 11) is 0. The maximum absolute atomic E-state index is 12.1. The highest BCUT2D eigenvalue weighted by molar-refractivity contribution is 5.93. The minimum Gasteiger partial charge on any atom is -0.474 e. The number of amides is 1. The van der Waals surface area contributed by atoms with E-state index < -0.39 is 0 Å². The second-order valence-corrected chi connectivity index (χ2v) is 8.55. The number of nitrogens with one attached hydrogen (secondary N) is 1. The zero-order chi connectivity index (χ0) is 20.6. The predicted octanol–water partition coefficient (Wildman–Crippen LogP) is 3.83. The second kappa shape index (κ2) is 10.5. The number of hydrogen-bond donors (Lipinski definition) is 1. The molecule has 160 valence electrons. The van der Waals surface area contributed by atoms with Crippen LogP contribution in [0.5, 0.6) is 5.88 Å². The lowest BCUT2D eigenvalue weighted by Gasteiger charge is -2.35. The Morgan fingerprint density at radius 1 is 1.03 bits per heavy atom. The van der Waals surface area contributed by atoms with E-state index in [9.17, 15) is 4.79 Å². The molecule has 4 rings (SSSR count). The number of aromatic nitrogens is 2. The van der Waals surface area contributed by atoms with Crippen LogP contribution in [0.25, 0.3) is 0 Å². The first-order valence-corrected chi connectivity index (χ1v) is 11.3. The van der Waals surface area contributed by atoms with Gasteiger partial charge in [0, 0.05) is 56.4 Å². The quantitative estimate of drug-likeness (QED) is 0.754. The Kier molecular flexibility index (Phi) is 7.29. The first-order valence-electron chi connectivity index (χ1n) is 11.3.